The summed E-state index contributed by atoms with van der Waals surface area (Å²) in [5.74, 6) is -1.47. The summed E-state index contributed by atoms with van der Waals surface area (Å²) in [5, 5.41) is 3.34. The molecular weight excluding hydrogens is 397 g/mol. The third-order valence-electron chi connectivity index (χ3n) is 5.38. The van der Waals surface area contributed by atoms with E-state index in [4.69, 9.17) is 11.6 Å². The van der Waals surface area contributed by atoms with Crippen molar-refractivity contribution < 1.29 is 18.8 Å². The van der Waals surface area contributed by atoms with Gasteiger partial charge in [0.2, 0.25) is 0 Å². The molecule has 0 bridgehead atoms. The average Bonchev–Trinajstić information content (AvgIpc) is 2.93. The summed E-state index contributed by atoms with van der Waals surface area (Å²) >= 11 is 5.89. The standard InChI is InChI=1S/C21H19ClFN3O3/c22-15-8-6-14(7-9-15)12-26-19(28)21(24-20(26)29)10-3-11-25(13-21)18(27)16-4-1-2-5-17(16)23/h1-2,4-9H,3,10-13H2,(H,24,29)/t21-/m0/s1. The Balaban J connectivity index is 1.54. The molecule has 2 aromatic carbocycles. The number of hydrogen-bond acceptors (Lipinski definition) is 3. The minimum Gasteiger partial charge on any atom is -0.336 e. The minimum atomic E-state index is -1.18. The second-order valence-corrected chi connectivity index (χ2v) is 7.78. The van der Waals surface area contributed by atoms with E-state index in [0.717, 1.165) is 10.5 Å². The molecular formula is C21H19ClFN3O3. The summed E-state index contributed by atoms with van der Waals surface area (Å²) in [6.07, 6.45) is 0.955. The highest BCUT2D eigenvalue weighted by atomic mass is 35.5. The highest BCUT2D eigenvalue weighted by Gasteiger charge is 2.53. The monoisotopic (exact) mass is 415 g/mol. The first-order valence-electron chi connectivity index (χ1n) is 9.32. The maximum Gasteiger partial charge on any atom is 0.325 e. The summed E-state index contributed by atoms with van der Waals surface area (Å²) < 4.78 is 14.0. The van der Waals surface area contributed by atoms with Crippen LogP contribution in [0.3, 0.4) is 0 Å². The molecule has 4 amide bonds. The lowest BCUT2D eigenvalue weighted by Gasteiger charge is -2.38. The fraction of sp³-hybridized carbons (Fsp3) is 0.286. The van der Waals surface area contributed by atoms with Crippen molar-refractivity contribution in [2.75, 3.05) is 13.1 Å². The molecule has 1 spiro atoms. The van der Waals surface area contributed by atoms with E-state index in [-0.39, 0.29) is 24.6 Å². The average molecular weight is 416 g/mol. The second kappa shape index (κ2) is 7.48. The summed E-state index contributed by atoms with van der Waals surface area (Å²) in [6.45, 7) is 0.530. The van der Waals surface area contributed by atoms with Crippen molar-refractivity contribution >= 4 is 29.4 Å². The SMILES string of the molecule is O=C(c1ccccc1F)N1CCC[C@@]2(C1)NC(=O)N(Cc1ccc(Cl)cc1)C2=O. The van der Waals surface area contributed by atoms with Gasteiger partial charge in [-0.25, -0.2) is 9.18 Å². The van der Waals surface area contributed by atoms with Crippen LogP contribution >= 0.6 is 11.6 Å². The van der Waals surface area contributed by atoms with Crippen molar-refractivity contribution in [3.63, 3.8) is 0 Å². The fourth-order valence-corrected chi connectivity index (χ4v) is 4.03. The molecule has 6 nitrogen and oxygen atoms in total. The number of nitrogens with one attached hydrogen (secondary N) is 1. The fourth-order valence-electron chi connectivity index (χ4n) is 3.90. The Morgan fingerprint density at radius 2 is 1.86 bits per heavy atom. The number of amides is 4. The highest BCUT2D eigenvalue weighted by molar-refractivity contribution is 6.30. The van der Waals surface area contributed by atoms with Crippen LogP contribution in [0.5, 0.6) is 0 Å². The molecule has 4 rings (SSSR count). The Morgan fingerprint density at radius 1 is 1.14 bits per heavy atom. The summed E-state index contributed by atoms with van der Waals surface area (Å²) in [7, 11) is 0. The van der Waals surface area contributed by atoms with Gasteiger partial charge in [-0.05, 0) is 42.7 Å². The number of urea groups is 1. The van der Waals surface area contributed by atoms with Crippen LogP contribution in [0.4, 0.5) is 9.18 Å². The van der Waals surface area contributed by atoms with Crippen molar-refractivity contribution in [3.05, 3.63) is 70.5 Å². The number of rotatable bonds is 3. The van der Waals surface area contributed by atoms with E-state index in [1.165, 1.54) is 23.1 Å². The molecule has 0 aliphatic carbocycles. The Bertz CT molecular complexity index is 981. The molecule has 2 fully saturated rings. The second-order valence-electron chi connectivity index (χ2n) is 7.34. The normalized spacial score (nSPS) is 21.6. The smallest absolute Gasteiger partial charge is 0.325 e. The number of carbonyl (C=O) groups excluding carboxylic acids is 3. The first-order valence-corrected chi connectivity index (χ1v) is 9.70. The van der Waals surface area contributed by atoms with Crippen LogP contribution in [0.25, 0.3) is 0 Å². The topological polar surface area (TPSA) is 69.7 Å². The van der Waals surface area contributed by atoms with Gasteiger partial charge in [-0.15, -0.1) is 0 Å². The van der Waals surface area contributed by atoms with Crippen molar-refractivity contribution in [1.29, 1.82) is 0 Å². The zero-order valence-electron chi connectivity index (χ0n) is 15.5. The van der Waals surface area contributed by atoms with Crippen LogP contribution in [-0.2, 0) is 11.3 Å². The molecule has 2 aliphatic rings. The van der Waals surface area contributed by atoms with Crippen LogP contribution in [-0.4, -0.2) is 46.3 Å². The third kappa shape index (κ3) is 3.58. The molecule has 2 aliphatic heterocycles. The van der Waals surface area contributed by atoms with Gasteiger partial charge in [-0.1, -0.05) is 35.9 Å². The molecule has 1 atom stereocenters. The first kappa shape index (κ1) is 19.4. The number of likely N-dealkylation sites (tertiary alicyclic amines) is 1. The predicted octanol–water partition coefficient (Wildman–Crippen LogP) is 3.21. The minimum absolute atomic E-state index is 0.0157. The van der Waals surface area contributed by atoms with Crippen LogP contribution in [0.15, 0.2) is 48.5 Å². The predicted molar refractivity (Wildman–Crippen MR) is 105 cm³/mol. The summed E-state index contributed by atoms with van der Waals surface area (Å²) in [6, 6.07) is 12.1. The molecule has 1 N–H and O–H groups in total. The molecule has 8 heteroatoms. The molecule has 2 heterocycles. The maximum absolute atomic E-state index is 14.0. The number of imide groups is 1. The lowest BCUT2D eigenvalue weighted by Crippen LogP contribution is -2.59. The highest BCUT2D eigenvalue weighted by Crippen LogP contribution is 2.30. The van der Waals surface area contributed by atoms with Crippen LogP contribution in [0, 0.1) is 5.82 Å². The van der Waals surface area contributed by atoms with Crippen molar-refractivity contribution in [1.82, 2.24) is 15.1 Å². The number of nitrogens with zero attached hydrogens (tertiary/aromatic N) is 2. The molecule has 2 aromatic rings. The van der Waals surface area contributed by atoms with E-state index < -0.39 is 23.3 Å². The van der Waals surface area contributed by atoms with Crippen LogP contribution < -0.4 is 5.32 Å². The van der Waals surface area contributed by atoms with Gasteiger partial charge < -0.3 is 10.2 Å². The van der Waals surface area contributed by atoms with Gasteiger partial charge in [-0.3, -0.25) is 14.5 Å². The van der Waals surface area contributed by atoms with E-state index in [1.807, 2.05) is 0 Å². The third-order valence-corrected chi connectivity index (χ3v) is 5.64. The van der Waals surface area contributed by atoms with E-state index >= 15 is 0 Å². The van der Waals surface area contributed by atoms with Gasteiger partial charge in [0.05, 0.1) is 18.7 Å². The largest absolute Gasteiger partial charge is 0.336 e. The Kier molecular flexibility index (Phi) is 5.00. The lowest BCUT2D eigenvalue weighted by molar-refractivity contribution is -0.133. The van der Waals surface area contributed by atoms with E-state index in [9.17, 15) is 18.8 Å². The molecule has 0 unspecified atom stereocenters. The number of benzene rings is 2. The zero-order valence-corrected chi connectivity index (χ0v) is 16.3. The number of piperidine rings is 1. The van der Waals surface area contributed by atoms with Gasteiger partial charge in [0.15, 0.2) is 0 Å². The molecule has 2 saturated heterocycles. The van der Waals surface area contributed by atoms with Crippen LogP contribution in [0.2, 0.25) is 5.02 Å². The van der Waals surface area contributed by atoms with Gasteiger partial charge in [-0.2, -0.15) is 0 Å². The van der Waals surface area contributed by atoms with Crippen molar-refractivity contribution in [3.8, 4) is 0 Å². The van der Waals surface area contributed by atoms with Gasteiger partial charge in [0, 0.05) is 11.6 Å². The van der Waals surface area contributed by atoms with Crippen molar-refractivity contribution in [2.24, 2.45) is 0 Å². The Hall–Kier alpha value is -2.93. The van der Waals surface area contributed by atoms with Gasteiger partial charge in [0.25, 0.3) is 11.8 Å². The van der Waals surface area contributed by atoms with E-state index in [2.05, 4.69) is 5.32 Å². The molecule has 29 heavy (non-hydrogen) atoms. The maximum atomic E-state index is 14.0. The Labute approximate surface area is 172 Å². The zero-order chi connectivity index (χ0) is 20.6. The molecule has 0 radical (unpaired) electrons. The molecule has 150 valence electrons. The number of hydrogen-bond donors (Lipinski definition) is 1. The molecule has 0 saturated carbocycles. The quantitative estimate of drug-likeness (QED) is 0.782. The van der Waals surface area contributed by atoms with E-state index in [0.29, 0.717) is 24.4 Å². The number of carbonyl (C=O) groups is 3. The summed E-state index contributed by atoms with van der Waals surface area (Å²) in [4.78, 5) is 41.1. The van der Waals surface area contributed by atoms with Crippen molar-refractivity contribution in [2.45, 2.75) is 24.9 Å². The number of halogens is 2. The molecule has 0 aromatic heterocycles. The van der Waals surface area contributed by atoms with Gasteiger partial charge in [0.1, 0.15) is 11.4 Å². The summed E-state index contributed by atoms with van der Waals surface area (Å²) in [5.41, 5.74) is -0.452. The van der Waals surface area contributed by atoms with Gasteiger partial charge >= 0.3 is 6.03 Å². The van der Waals surface area contributed by atoms with E-state index in [1.54, 1.807) is 30.3 Å². The lowest BCUT2D eigenvalue weighted by atomic mass is 9.88. The Morgan fingerprint density at radius 3 is 2.59 bits per heavy atom. The van der Waals surface area contributed by atoms with Crippen LogP contribution in [0.1, 0.15) is 28.8 Å². The first-order chi connectivity index (χ1) is 13.9.